The van der Waals surface area contributed by atoms with Gasteiger partial charge in [-0.1, -0.05) is 53.6 Å². The molecule has 2 aromatic carbocycles. The maximum atomic E-state index is 13.8. The molecule has 3 N–H and O–H groups in total. The van der Waals surface area contributed by atoms with Gasteiger partial charge in [0, 0.05) is 17.8 Å². The molecule has 3 aromatic rings. The van der Waals surface area contributed by atoms with Gasteiger partial charge < -0.3 is 11.1 Å². The quantitative estimate of drug-likeness (QED) is 0.506. The van der Waals surface area contributed by atoms with Gasteiger partial charge in [-0.05, 0) is 48.0 Å². The van der Waals surface area contributed by atoms with E-state index in [0.717, 1.165) is 16.2 Å². The minimum absolute atomic E-state index is 0.0281. The molecular formula is C22H19Cl2F3N4O. The minimum Gasteiger partial charge on any atom is -0.383 e. The third-order valence-electron chi connectivity index (χ3n) is 4.69. The Morgan fingerprint density at radius 3 is 2.50 bits per heavy atom. The maximum Gasteiger partial charge on any atom is 0.399 e. The van der Waals surface area contributed by atoms with Crippen molar-refractivity contribution in [1.29, 1.82) is 0 Å². The zero-order chi connectivity index (χ0) is 23.5. The van der Waals surface area contributed by atoms with Gasteiger partial charge in [0.2, 0.25) is 0 Å². The summed E-state index contributed by atoms with van der Waals surface area (Å²) in [6.07, 6.45) is -0.792. The van der Waals surface area contributed by atoms with E-state index in [4.69, 9.17) is 28.9 Å². The number of hydrogen-bond acceptors (Lipinski definition) is 4. The fourth-order valence-corrected chi connectivity index (χ4v) is 3.66. The first kappa shape index (κ1) is 23.8. The van der Waals surface area contributed by atoms with E-state index < -0.39 is 17.8 Å². The van der Waals surface area contributed by atoms with Gasteiger partial charge in [0.25, 0.3) is 0 Å². The van der Waals surface area contributed by atoms with Crippen LogP contribution < -0.4 is 16.7 Å². The highest BCUT2D eigenvalue weighted by molar-refractivity contribution is 6.32. The average molecular weight is 483 g/mol. The van der Waals surface area contributed by atoms with E-state index in [-0.39, 0.29) is 22.1 Å². The highest BCUT2D eigenvalue weighted by Crippen LogP contribution is 2.38. The van der Waals surface area contributed by atoms with Crippen molar-refractivity contribution in [2.45, 2.75) is 18.6 Å². The molecule has 0 amide bonds. The number of rotatable bonds is 6. The van der Waals surface area contributed by atoms with Crippen LogP contribution in [0.4, 0.5) is 19.0 Å². The fraction of sp³-hybridized carbons (Fsp3) is 0.182. The van der Waals surface area contributed by atoms with Crippen LogP contribution in [0.2, 0.25) is 10.0 Å². The number of nitrogens with zero attached hydrogens (tertiary/aromatic N) is 2. The molecule has 168 valence electrons. The van der Waals surface area contributed by atoms with E-state index in [1.54, 1.807) is 25.2 Å². The fourth-order valence-electron chi connectivity index (χ4n) is 3.13. The molecule has 0 fully saturated rings. The van der Waals surface area contributed by atoms with Gasteiger partial charge in [0.1, 0.15) is 5.82 Å². The van der Waals surface area contributed by atoms with Crippen LogP contribution in [0, 0.1) is 0 Å². The molecule has 32 heavy (non-hydrogen) atoms. The van der Waals surface area contributed by atoms with Crippen LogP contribution in [-0.4, -0.2) is 22.8 Å². The lowest BCUT2D eigenvalue weighted by Gasteiger charge is -2.19. The van der Waals surface area contributed by atoms with Gasteiger partial charge in [-0.15, -0.1) is 0 Å². The Morgan fingerprint density at radius 2 is 1.91 bits per heavy atom. The summed E-state index contributed by atoms with van der Waals surface area (Å²) in [6, 6.07) is 10.2. The largest absolute Gasteiger partial charge is 0.399 e. The van der Waals surface area contributed by atoms with Crippen molar-refractivity contribution >= 4 is 35.1 Å². The van der Waals surface area contributed by atoms with E-state index in [1.807, 2.05) is 0 Å². The SMILES string of the molecule is CNCc1ccc(/C=C/C(c2ccc(-n3ccc(N)nc3=O)c(Cl)c2)C(F)(F)F)cc1Cl. The molecule has 1 unspecified atom stereocenters. The van der Waals surface area contributed by atoms with Crippen LogP contribution in [0.1, 0.15) is 22.6 Å². The molecule has 3 rings (SSSR count). The Bertz CT molecular complexity index is 1210. The second kappa shape index (κ2) is 9.77. The third kappa shape index (κ3) is 5.51. The number of hydrogen-bond donors (Lipinski definition) is 2. The van der Waals surface area contributed by atoms with Crippen molar-refractivity contribution in [3.05, 3.63) is 92.0 Å². The van der Waals surface area contributed by atoms with E-state index in [9.17, 15) is 18.0 Å². The standard InChI is InChI=1S/C22H19Cl2F3N4O/c1-29-12-15-4-2-13(10-17(15)23)3-6-16(22(25,26)27)14-5-7-19(18(24)11-14)31-9-8-20(28)30-21(31)32/h2-11,16,29H,12H2,1H3,(H2,28,30,32)/b6-3+. The second-order valence-electron chi connectivity index (χ2n) is 6.98. The summed E-state index contributed by atoms with van der Waals surface area (Å²) in [5.41, 5.74) is 6.28. The lowest BCUT2D eigenvalue weighted by atomic mass is 9.96. The molecule has 0 aliphatic rings. The van der Waals surface area contributed by atoms with Crippen molar-refractivity contribution in [1.82, 2.24) is 14.9 Å². The molecule has 0 bridgehead atoms. The van der Waals surface area contributed by atoms with Gasteiger partial charge in [-0.25, -0.2) is 4.79 Å². The molecule has 0 spiro atoms. The monoisotopic (exact) mass is 482 g/mol. The first-order valence-electron chi connectivity index (χ1n) is 9.43. The van der Waals surface area contributed by atoms with Crippen LogP contribution in [0.25, 0.3) is 11.8 Å². The average Bonchev–Trinajstić information content (AvgIpc) is 2.70. The van der Waals surface area contributed by atoms with Crippen molar-refractivity contribution in [3.63, 3.8) is 0 Å². The van der Waals surface area contributed by atoms with Gasteiger partial charge in [0.15, 0.2) is 0 Å². The molecule has 0 radical (unpaired) electrons. The maximum absolute atomic E-state index is 13.8. The molecule has 5 nitrogen and oxygen atoms in total. The summed E-state index contributed by atoms with van der Waals surface area (Å²) in [7, 11) is 1.77. The Kier molecular flexibility index (Phi) is 7.28. The van der Waals surface area contributed by atoms with Gasteiger partial charge in [-0.2, -0.15) is 18.2 Å². The number of allylic oxidation sites excluding steroid dienone is 1. The number of nitrogen functional groups attached to an aromatic ring is 1. The van der Waals surface area contributed by atoms with Gasteiger partial charge in [0.05, 0.1) is 16.6 Å². The molecule has 1 aromatic heterocycles. The van der Waals surface area contributed by atoms with Crippen LogP contribution in [-0.2, 0) is 6.54 Å². The normalized spacial score (nSPS) is 12.9. The van der Waals surface area contributed by atoms with Crippen molar-refractivity contribution in [2.75, 3.05) is 12.8 Å². The van der Waals surface area contributed by atoms with E-state index in [2.05, 4.69) is 10.3 Å². The highest BCUT2D eigenvalue weighted by atomic mass is 35.5. The van der Waals surface area contributed by atoms with Crippen LogP contribution in [0.15, 0.2) is 59.5 Å². The summed E-state index contributed by atoms with van der Waals surface area (Å²) in [4.78, 5) is 15.6. The topological polar surface area (TPSA) is 72.9 Å². The van der Waals surface area contributed by atoms with Crippen molar-refractivity contribution in [2.24, 2.45) is 0 Å². The number of alkyl halides is 3. The van der Waals surface area contributed by atoms with Gasteiger partial charge in [-0.3, -0.25) is 4.57 Å². The second-order valence-corrected chi connectivity index (χ2v) is 7.79. The van der Waals surface area contributed by atoms with Gasteiger partial charge >= 0.3 is 11.9 Å². The summed E-state index contributed by atoms with van der Waals surface area (Å²) >= 11 is 12.4. The minimum atomic E-state index is -4.56. The number of anilines is 1. The molecule has 0 saturated carbocycles. The van der Waals surface area contributed by atoms with Crippen LogP contribution >= 0.6 is 23.2 Å². The lowest BCUT2D eigenvalue weighted by Crippen LogP contribution is -2.22. The molecule has 0 saturated heterocycles. The zero-order valence-electron chi connectivity index (χ0n) is 16.8. The number of aromatic nitrogens is 2. The Labute approximate surface area is 192 Å². The molecular weight excluding hydrogens is 464 g/mol. The Hall–Kier alpha value is -2.81. The van der Waals surface area contributed by atoms with E-state index in [1.165, 1.54) is 36.5 Å². The number of nitrogens with one attached hydrogen (secondary N) is 1. The first-order valence-corrected chi connectivity index (χ1v) is 10.2. The molecule has 1 atom stereocenters. The zero-order valence-corrected chi connectivity index (χ0v) is 18.3. The summed E-state index contributed by atoms with van der Waals surface area (Å²) in [5, 5.41) is 3.40. The predicted octanol–water partition coefficient (Wildman–Crippen LogP) is 5.20. The highest BCUT2D eigenvalue weighted by Gasteiger charge is 2.39. The molecule has 1 heterocycles. The summed E-state index contributed by atoms with van der Waals surface area (Å²) < 4.78 is 42.5. The molecule has 10 heteroatoms. The van der Waals surface area contributed by atoms with Crippen LogP contribution in [0.3, 0.4) is 0 Å². The van der Waals surface area contributed by atoms with E-state index >= 15 is 0 Å². The lowest BCUT2D eigenvalue weighted by molar-refractivity contribution is -0.139. The van der Waals surface area contributed by atoms with Crippen molar-refractivity contribution < 1.29 is 13.2 Å². The Morgan fingerprint density at radius 1 is 1.16 bits per heavy atom. The summed E-state index contributed by atoms with van der Waals surface area (Å²) in [6.45, 7) is 0.547. The Balaban J connectivity index is 1.95. The van der Waals surface area contributed by atoms with Crippen molar-refractivity contribution in [3.8, 4) is 5.69 Å². The number of halogens is 5. The summed E-state index contributed by atoms with van der Waals surface area (Å²) in [5.74, 6) is -1.88. The third-order valence-corrected chi connectivity index (χ3v) is 5.35. The first-order chi connectivity index (χ1) is 15.1. The molecule has 0 aliphatic carbocycles. The van der Waals surface area contributed by atoms with Crippen LogP contribution in [0.5, 0.6) is 0 Å². The number of nitrogens with two attached hydrogens (primary N) is 1. The molecule has 0 aliphatic heterocycles. The van der Waals surface area contributed by atoms with E-state index in [0.29, 0.717) is 17.1 Å². The number of benzene rings is 2. The predicted molar refractivity (Wildman–Crippen MR) is 121 cm³/mol. The smallest absolute Gasteiger partial charge is 0.383 e.